The largest absolute Gasteiger partial charge is 0.368 e. The summed E-state index contributed by atoms with van der Waals surface area (Å²) in [4.78, 5) is 23.3. The topological polar surface area (TPSA) is 58.1 Å². The normalized spacial score (nSPS) is 15.3. The Bertz CT molecular complexity index is 694. The number of hydrogen-bond donors (Lipinski definition) is 1. The van der Waals surface area contributed by atoms with Gasteiger partial charge in [-0.1, -0.05) is 18.2 Å². The van der Waals surface area contributed by atoms with Gasteiger partial charge in [-0.2, -0.15) is 0 Å². The minimum Gasteiger partial charge on any atom is -0.368 e. The lowest BCUT2D eigenvalue weighted by atomic mass is 9.96. The highest BCUT2D eigenvalue weighted by atomic mass is 16.2. The van der Waals surface area contributed by atoms with Crippen LogP contribution in [-0.4, -0.2) is 40.4 Å². The van der Waals surface area contributed by atoms with Crippen molar-refractivity contribution in [1.29, 1.82) is 0 Å². The van der Waals surface area contributed by atoms with Crippen molar-refractivity contribution in [3.8, 4) is 0 Å². The predicted molar refractivity (Wildman–Crippen MR) is 95.1 cm³/mol. The minimum absolute atomic E-state index is 0.141. The van der Waals surface area contributed by atoms with E-state index in [2.05, 4.69) is 15.3 Å². The average Bonchev–Trinajstić information content (AvgIpc) is 2.63. The van der Waals surface area contributed by atoms with E-state index in [4.69, 9.17) is 0 Å². The van der Waals surface area contributed by atoms with Gasteiger partial charge in [0.1, 0.15) is 5.82 Å². The molecule has 0 aliphatic carbocycles. The third kappa shape index (κ3) is 3.91. The number of rotatable bonds is 4. The maximum Gasteiger partial charge on any atom is 0.253 e. The lowest BCUT2D eigenvalue weighted by Crippen LogP contribution is -2.40. The van der Waals surface area contributed by atoms with Crippen molar-refractivity contribution < 1.29 is 4.79 Å². The predicted octanol–water partition coefficient (Wildman–Crippen LogP) is 3.06. The van der Waals surface area contributed by atoms with Crippen LogP contribution >= 0.6 is 0 Å². The van der Waals surface area contributed by atoms with E-state index in [1.54, 1.807) is 6.20 Å². The van der Waals surface area contributed by atoms with E-state index < -0.39 is 0 Å². The molecule has 5 heteroatoms. The molecule has 0 radical (unpaired) electrons. The molecule has 0 saturated carbocycles. The molecule has 1 aromatic heterocycles. The fourth-order valence-corrected chi connectivity index (χ4v) is 3.05. The van der Waals surface area contributed by atoms with Crippen LogP contribution in [0, 0.1) is 19.8 Å². The maximum absolute atomic E-state index is 12.5. The van der Waals surface area contributed by atoms with Gasteiger partial charge in [0.2, 0.25) is 0 Å². The monoisotopic (exact) mass is 324 g/mol. The van der Waals surface area contributed by atoms with Crippen LogP contribution in [-0.2, 0) is 0 Å². The Labute approximate surface area is 143 Å². The van der Waals surface area contributed by atoms with E-state index in [0.717, 1.165) is 55.2 Å². The van der Waals surface area contributed by atoms with Crippen molar-refractivity contribution in [2.45, 2.75) is 26.7 Å². The molecule has 0 atom stereocenters. The van der Waals surface area contributed by atoms with Crippen LogP contribution in [0.4, 0.5) is 5.82 Å². The van der Waals surface area contributed by atoms with E-state index in [9.17, 15) is 4.79 Å². The Balaban J connectivity index is 1.50. The number of amides is 1. The number of aryl methyl sites for hydroxylation is 2. The first-order chi connectivity index (χ1) is 11.6. The summed E-state index contributed by atoms with van der Waals surface area (Å²) < 4.78 is 0. The second-order valence-electron chi connectivity index (χ2n) is 6.43. The molecule has 126 valence electrons. The zero-order valence-corrected chi connectivity index (χ0v) is 14.3. The second kappa shape index (κ2) is 7.43. The number of aromatic nitrogens is 2. The first-order valence-electron chi connectivity index (χ1n) is 8.52. The van der Waals surface area contributed by atoms with Gasteiger partial charge in [-0.15, -0.1) is 0 Å². The van der Waals surface area contributed by atoms with E-state index in [-0.39, 0.29) is 5.91 Å². The maximum atomic E-state index is 12.5. The van der Waals surface area contributed by atoms with Gasteiger partial charge in [0.15, 0.2) is 0 Å². The molecule has 0 unspecified atom stereocenters. The Morgan fingerprint density at radius 1 is 1.21 bits per heavy atom. The van der Waals surface area contributed by atoms with Gasteiger partial charge < -0.3 is 10.2 Å². The number of carbonyl (C=O) groups is 1. The molecule has 5 nitrogen and oxygen atoms in total. The van der Waals surface area contributed by atoms with Gasteiger partial charge in [0.05, 0.1) is 11.4 Å². The van der Waals surface area contributed by atoms with E-state index >= 15 is 0 Å². The molecular weight excluding hydrogens is 300 g/mol. The fourth-order valence-electron chi connectivity index (χ4n) is 3.05. The summed E-state index contributed by atoms with van der Waals surface area (Å²) in [5.74, 6) is 1.58. The number of likely N-dealkylation sites (tertiary alicyclic amines) is 1. The fraction of sp³-hybridized carbons (Fsp3) is 0.421. The summed E-state index contributed by atoms with van der Waals surface area (Å²) in [6.07, 6.45) is 3.82. The molecule has 1 aromatic carbocycles. The SMILES string of the molecule is Cc1cnc(C)c(NCC2CCN(C(=O)c3ccccc3)CC2)n1. The van der Waals surface area contributed by atoms with Gasteiger partial charge >= 0.3 is 0 Å². The highest BCUT2D eigenvalue weighted by Gasteiger charge is 2.23. The van der Waals surface area contributed by atoms with E-state index in [1.165, 1.54) is 0 Å². The summed E-state index contributed by atoms with van der Waals surface area (Å²) in [6.45, 7) is 6.44. The number of nitrogens with one attached hydrogen (secondary N) is 1. The summed E-state index contributed by atoms with van der Waals surface area (Å²) in [6, 6.07) is 9.53. The van der Waals surface area contributed by atoms with Crippen LogP contribution in [0.5, 0.6) is 0 Å². The van der Waals surface area contributed by atoms with Crippen LogP contribution in [0.1, 0.15) is 34.6 Å². The molecular formula is C19H24N4O. The Hall–Kier alpha value is -2.43. The van der Waals surface area contributed by atoms with Crippen molar-refractivity contribution in [2.75, 3.05) is 25.0 Å². The molecule has 1 amide bonds. The highest BCUT2D eigenvalue weighted by molar-refractivity contribution is 5.94. The Morgan fingerprint density at radius 2 is 1.92 bits per heavy atom. The quantitative estimate of drug-likeness (QED) is 0.939. The standard InChI is InChI=1S/C19H24N4O/c1-14-12-20-15(2)18(22-14)21-13-16-8-10-23(11-9-16)19(24)17-6-4-3-5-7-17/h3-7,12,16H,8-11,13H2,1-2H3,(H,21,22). The summed E-state index contributed by atoms with van der Waals surface area (Å²) >= 11 is 0. The molecule has 2 heterocycles. The first kappa shape index (κ1) is 16.4. The number of carbonyl (C=O) groups excluding carboxylic acids is 1. The van der Waals surface area contributed by atoms with Gasteiger partial charge in [-0.3, -0.25) is 9.78 Å². The van der Waals surface area contributed by atoms with Crippen LogP contribution in [0.2, 0.25) is 0 Å². The first-order valence-corrected chi connectivity index (χ1v) is 8.52. The number of anilines is 1. The van der Waals surface area contributed by atoms with Crippen LogP contribution < -0.4 is 5.32 Å². The molecule has 1 aliphatic rings. The van der Waals surface area contributed by atoms with Crippen molar-refractivity contribution in [3.05, 3.63) is 53.5 Å². The smallest absolute Gasteiger partial charge is 0.253 e. The van der Waals surface area contributed by atoms with Crippen LogP contribution in [0.3, 0.4) is 0 Å². The van der Waals surface area contributed by atoms with Gasteiger partial charge in [0, 0.05) is 31.4 Å². The minimum atomic E-state index is 0.141. The van der Waals surface area contributed by atoms with Crippen molar-refractivity contribution in [2.24, 2.45) is 5.92 Å². The average molecular weight is 324 g/mol. The molecule has 0 spiro atoms. The van der Waals surface area contributed by atoms with Crippen LogP contribution in [0.25, 0.3) is 0 Å². The van der Waals surface area contributed by atoms with Gasteiger partial charge in [-0.05, 0) is 44.7 Å². The number of piperidine rings is 1. The second-order valence-corrected chi connectivity index (χ2v) is 6.43. The molecule has 1 fully saturated rings. The molecule has 24 heavy (non-hydrogen) atoms. The van der Waals surface area contributed by atoms with E-state index in [0.29, 0.717) is 5.92 Å². The molecule has 1 saturated heterocycles. The van der Waals surface area contributed by atoms with Gasteiger partial charge in [0.25, 0.3) is 5.91 Å². The molecule has 1 N–H and O–H groups in total. The van der Waals surface area contributed by atoms with Crippen molar-refractivity contribution in [3.63, 3.8) is 0 Å². The third-order valence-electron chi connectivity index (χ3n) is 4.56. The van der Waals surface area contributed by atoms with Crippen LogP contribution in [0.15, 0.2) is 36.5 Å². The number of hydrogen-bond acceptors (Lipinski definition) is 4. The number of nitrogens with zero attached hydrogens (tertiary/aromatic N) is 3. The lowest BCUT2D eigenvalue weighted by molar-refractivity contribution is 0.0695. The zero-order chi connectivity index (χ0) is 16.9. The number of benzene rings is 1. The van der Waals surface area contributed by atoms with Gasteiger partial charge in [-0.25, -0.2) is 4.98 Å². The lowest BCUT2D eigenvalue weighted by Gasteiger charge is -2.32. The summed E-state index contributed by atoms with van der Waals surface area (Å²) in [5, 5.41) is 3.42. The molecule has 1 aliphatic heterocycles. The zero-order valence-electron chi connectivity index (χ0n) is 14.3. The molecule has 2 aromatic rings. The Kier molecular flexibility index (Phi) is 5.08. The summed E-state index contributed by atoms with van der Waals surface area (Å²) in [5.41, 5.74) is 2.63. The highest BCUT2D eigenvalue weighted by Crippen LogP contribution is 2.20. The molecule has 3 rings (SSSR count). The van der Waals surface area contributed by atoms with E-state index in [1.807, 2.05) is 49.1 Å². The van der Waals surface area contributed by atoms with Crippen molar-refractivity contribution >= 4 is 11.7 Å². The Morgan fingerprint density at radius 3 is 2.62 bits per heavy atom. The summed E-state index contributed by atoms with van der Waals surface area (Å²) in [7, 11) is 0. The molecule has 0 bridgehead atoms. The van der Waals surface area contributed by atoms with Crippen molar-refractivity contribution in [1.82, 2.24) is 14.9 Å². The third-order valence-corrected chi connectivity index (χ3v) is 4.56.